The summed E-state index contributed by atoms with van der Waals surface area (Å²) in [6, 6.07) is 5.03. The number of rotatable bonds is 4. The number of fused-ring (bicyclic) bond motifs is 1. The van der Waals surface area contributed by atoms with Crippen molar-refractivity contribution in [2.45, 2.75) is 19.9 Å². The molecule has 1 unspecified atom stereocenters. The quantitative estimate of drug-likeness (QED) is 0.869. The number of aliphatic hydroxyl groups is 1. The van der Waals surface area contributed by atoms with Gasteiger partial charge in [-0.15, -0.1) is 0 Å². The zero-order valence-electron chi connectivity index (χ0n) is 11.0. The van der Waals surface area contributed by atoms with Gasteiger partial charge in [0.15, 0.2) is 0 Å². The molecule has 0 saturated heterocycles. The topological polar surface area (TPSA) is 75.1 Å². The second-order valence-electron chi connectivity index (χ2n) is 4.74. The molecule has 1 atom stereocenters. The second-order valence-corrected chi connectivity index (χ2v) is 4.74. The van der Waals surface area contributed by atoms with Crippen LogP contribution >= 0.6 is 0 Å². The van der Waals surface area contributed by atoms with Crippen LogP contribution in [0.1, 0.15) is 24.2 Å². The van der Waals surface area contributed by atoms with E-state index in [1.165, 1.54) is 0 Å². The van der Waals surface area contributed by atoms with E-state index in [-0.39, 0.29) is 24.5 Å². The van der Waals surface area contributed by atoms with E-state index in [0.717, 1.165) is 0 Å². The van der Waals surface area contributed by atoms with Gasteiger partial charge in [0.1, 0.15) is 5.52 Å². The van der Waals surface area contributed by atoms with Crippen molar-refractivity contribution in [3.05, 3.63) is 36.2 Å². The molecule has 19 heavy (non-hydrogen) atoms. The lowest BCUT2D eigenvalue weighted by Gasteiger charge is -2.20. The van der Waals surface area contributed by atoms with Crippen molar-refractivity contribution < 1.29 is 9.90 Å². The van der Waals surface area contributed by atoms with Crippen molar-refractivity contribution in [2.75, 3.05) is 6.61 Å². The van der Waals surface area contributed by atoms with Gasteiger partial charge in [0, 0.05) is 12.4 Å². The molecule has 1 heterocycles. The van der Waals surface area contributed by atoms with E-state index >= 15 is 0 Å². The third-order valence-electron chi connectivity index (χ3n) is 3.06. The van der Waals surface area contributed by atoms with Crippen LogP contribution in [-0.2, 0) is 0 Å². The molecule has 5 nitrogen and oxygen atoms in total. The first-order chi connectivity index (χ1) is 9.13. The van der Waals surface area contributed by atoms with Crippen LogP contribution in [0.25, 0.3) is 11.0 Å². The van der Waals surface area contributed by atoms with Gasteiger partial charge in [-0.3, -0.25) is 14.8 Å². The number of nitrogens with zero attached hydrogens (tertiary/aromatic N) is 2. The number of amides is 1. The number of hydrogen-bond donors (Lipinski definition) is 2. The fourth-order valence-corrected chi connectivity index (χ4v) is 1.85. The first-order valence-corrected chi connectivity index (χ1v) is 6.25. The molecule has 2 aromatic rings. The minimum Gasteiger partial charge on any atom is -0.394 e. The number of aliphatic hydroxyl groups excluding tert-OH is 1. The third kappa shape index (κ3) is 2.88. The number of aromatic nitrogens is 2. The third-order valence-corrected chi connectivity index (χ3v) is 3.06. The summed E-state index contributed by atoms with van der Waals surface area (Å²) < 4.78 is 0. The highest BCUT2D eigenvalue weighted by Crippen LogP contribution is 2.14. The summed E-state index contributed by atoms with van der Waals surface area (Å²) in [7, 11) is 0. The predicted octanol–water partition coefficient (Wildman–Crippen LogP) is 1.38. The molecule has 1 aromatic carbocycles. The summed E-state index contributed by atoms with van der Waals surface area (Å²) in [5.74, 6) is -0.0751. The first kappa shape index (κ1) is 13.4. The van der Waals surface area contributed by atoms with Crippen molar-refractivity contribution in [1.82, 2.24) is 15.3 Å². The van der Waals surface area contributed by atoms with Gasteiger partial charge >= 0.3 is 0 Å². The van der Waals surface area contributed by atoms with Gasteiger partial charge in [-0.05, 0) is 18.1 Å². The van der Waals surface area contributed by atoms with Crippen molar-refractivity contribution in [3.8, 4) is 0 Å². The van der Waals surface area contributed by atoms with Gasteiger partial charge in [-0.2, -0.15) is 0 Å². The van der Waals surface area contributed by atoms with Gasteiger partial charge in [0.25, 0.3) is 5.91 Å². The summed E-state index contributed by atoms with van der Waals surface area (Å²) in [4.78, 5) is 20.6. The summed E-state index contributed by atoms with van der Waals surface area (Å²) in [6.45, 7) is 3.81. The summed E-state index contributed by atoms with van der Waals surface area (Å²) in [5, 5.41) is 12.1. The lowest BCUT2D eigenvalue weighted by atomic mass is 10.0. The minimum absolute atomic E-state index is 0.0835. The van der Waals surface area contributed by atoms with Crippen LogP contribution in [0.15, 0.2) is 30.6 Å². The maximum atomic E-state index is 12.2. The maximum absolute atomic E-state index is 12.2. The lowest BCUT2D eigenvalue weighted by molar-refractivity contribution is 0.0898. The van der Waals surface area contributed by atoms with Gasteiger partial charge in [0.05, 0.1) is 23.7 Å². The Kier molecular flexibility index (Phi) is 4.06. The average Bonchev–Trinajstić information content (AvgIpc) is 2.43. The van der Waals surface area contributed by atoms with E-state index in [9.17, 15) is 9.90 Å². The molecule has 0 aliphatic heterocycles. The number of carbonyl (C=O) groups excluding carboxylic acids is 1. The Morgan fingerprint density at radius 3 is 2.74 bits per heavy atom. The Bertz CT molecular complexity index is 578. The Labute approximate surface area is 111 Å². The highest BCUT2D eigenvalue weighted by molar-refractivity contribution is 6.04. The maximum Gasteiger partial charge on any atom is 0.253 e. The van der Waals surface area contributed by atoms with Crippen LogP contribution in [0.5, 0.6) is 0 Å². The first-order valence-electron chi connectivity index (χ1n) is 6.25. The van der Waals surface area contributed by atoms with Gasteiger partial charge in [-0.25, -0.2) is 0 Å². The molecule has 100 valence electrons. The molecule has 1 aromatic heterocycles. The van der Waals surface area contributed by atoms with Gasteiger partial charge < -0.3 is 10.4 Å². The molecule has 0 bridgehead atoms. The molecule has 0 aliphatic carbocycles. The number of para-hydroxylation sites is 1. The van der Waals surface area contributed by atoms with Crippen LogP contribution in [0.2, 0.25) is 0 Å². The monoisotopic (exact) mass is 259 g/mol. The Hall–Kier alpha value is -2.01. The fraction of sp³-hybridized carbons (Fsp3) is 0.357. The zero-order chi connectivity index (χ0) is 13.8. The Morgan fingerprint density at radius 2 is 2.05 bits per heavy atom. The number of hydrogen-bond acceptors (Lipinski definition) is 4. The van der Waals surface area contributed by atoms with E-state index in [1.807, 2.05) is 19.9 Å². The van der Waals surface area contributed by atoms with Crippen molar-refractivity contribution >= 4 is 16.9 Å². The van der Waals surface area contributed by atoms with E-state index < -0.39 is 0 Å². The average molecular weight is 259 g/mol. The summed E-state index contributed by atoms with van der Waals surface area (Å²) in [5.41, 5.74) is 1.73. The smallest absolute Gasteiger partial charge is 0.253 e. The zero-order valence-corrected chi connectivity index (χ0v) is 11.0. The molecule has 1 amide bonds. The Morgan fingerprint density at radius 1 is 1.32 bits per heavy atom. The van der Waals surface area contributed by atoms with Crippen LogP contribution in [0, 0.1) is 5.92 Å². The second kappa shape index (κ2) is 5.75. The molecule has 2 N–H and O–H groups in total. The predicted molar refractivity (Wildman–Crippen MR) is 72.7 cm³/mol. The molecule has 0 saturated carbocycles. The number of carbonyl (C=O) groups is 1. The van der Waals surface area contributed by atoms with Crippen LogP contribution in [-0.4, -0.2) is 33.6 Å². The molecular formula is C14H17N3O2. The number of benzene rings is 1. The lowest BCUT2D eigenvalue weighted by Crippen LogP contribution is -2.41. The minimum atomic E-state index is -0.264. The SMILES string of the molecule is CC(C)C(CO)NC(=O)c1cccc2nccnc12. The van der Waals surface area contributed by atoms with Crippen molar-refractivity contribution in [1.29, 1.82) is 0 Å². The van der Waals surface area contributed by atoms with E-state index in [2.05, 4.69) is 15.3 Å². The molecule has 0 spiro atoms. The fourth-order valence-electron chi connectivity index (χ4n) is 1.85. The molecule has 2 rings (SSSR count). The van der Waals surface area contributed by atoms with Crippen LogP contribution < -0.4 is 5.32 Å². The molecular weight excluding hydrogens is 242 g/mol. The molecule has 5 heteroatoms. The molecule has 0 aliphatic rings. The van der Waals surface area contributed by atoms with Crippen LogP contribution in [0.4, 0.5) is 0 Å². The van der Waals surface area contributed by atoms with Gasteiger partial charge in [-0.1, -0.05) is 19.9 Å². The molecule has 0 radical (unpaired) electrons. The van der Waals surface area contributed by atoms with Crippen molar-refractivity contribution in [2.24, 2.45) is 5.92 Å². The van der Waals surface area contributed by atoms with E-state index in [1.54, 1.807) is 24.5 Å². The molecule has 0 fully saturated rings. The highest BCUT2D eigenvalue weighted by Gasteiger charge is 2.18. The van der Waals surface area contributed by atoms with E-state index in [4.69, 9.17) is 0 Å². The normalized spacial score (nSPS) is 12.6. The standard InChI is InChI=1S/C14H17N3O2/c1-9(2)12(8-18)17-14(19)10-4-3-5-11-13(10)16-7-6-15-11/h3-7,9,12,18H,8H2,1-2H3,(H,17,19). The largest absolute Gasteiger partial charge is 0.394 e. The van der Waals surface area contributed by atoms with Gasteiger partial charge in [0.2, 0.25) is 0 Å². The highest BCUT2D eigenvalue weighted by atomic mass is 16.3. The summed E-state index contributed by atoms with van der Waals surface area (Å²) in [6.07, 6.45) is 3.15. The Balaban J connectivity index is 2.31. The summed E-state index contributed by atoms with van der Waals surface area (Å²) >= 11 is 0. The van der Waals surface area contributed by atoms with E-state index in [0.29, 0.717) is 16.6 Å². The van der Waals surface area contributed by atoms with Crippen molar-refractivity contribution in [3.63, 3.8) is 0 Å². The van der Waals surface area contributed by atoms with Crippen LogP contribution in [0.3, 0.4) is 0 Å². The number of nitrogens with one attached hydrogen (secondary N) is 1.